The van der Waals surface area contributed by atoms with Crippen molar-refractivity contribution in [1.29, 1.82) is 0 Å². The van der Waals surface area contributed by atoms with Crippen molar-refractivity contribution in [3.63, 3.8) is 0 Å². The zero-order chi connectivity index (χ0) is 17.4. The quantitative estimate of drug-likeness (QED) is 0.807. The van der Waals surface area contributed by atoms with E-state index in [2.05, 4.69) is 36.3 Å². The van der Waals surface area contributed by atoms with Crippen LogP contribution in [0.4, 0.5) is 0 Å². The predicted molar refractivity (Wildman–Crippen MR) is 95.6 cm³/mol. The number of nitrogens with one attached hydrogen (secondary N) is 1. The van der Waals surface area contributed by atoms with Gasteiger partial charge in [0.2, 0.25) is 5.91 Å². The number of aryl methyl sites for hydroxylation is 1. The van der Waals surface area contributed by atoms with Crippen molar-refractivity contribution < 1.29 is 4.79 Å². The maximum absolute atomic E-state index is 12.0. The summed E-state index contributed by atoms with van der Waals surface area (Å²) in [5.41, 5.74) is 2.24. The molecule has 0 unspecified atom stereocenters. The van der Waals surface area contributed by atoms with Crippen LogP contribution in [-0.4, -0.2) is 29.0 Å². The Morgan fingerprint density at radius 3 is 2.71 bits per heavy atom. The molecule has 5 nitrogen and oxygen atoms in total. The van der Waals surface area contributed by atoms with E-state index in [0.717, 1.165) is 18.7 Å². The lowest BCUT2D eigenvalue weighted by Gasteiger charge is -2.14. The molecule has 1 N–H and O–H groups in total. The van der Waals surface area contributed by atoms with Gasteiger partial charge in [-0.2, -0.15) is 0 Å². The Balaban J connectivity index is 1.82. The molecule has 2 rings (SSSR count). The highest BCUT2D eigenvalue weighted by Gasteiger charge is 2.04. The van der Waals surface area contributed by atoms with Gasteiger partial charge in [0.05, 0.1) is 0 Å². The smallest absolute Gasteiger partial charge is 0.250 e. The summed E-state index contributed by atoms with van der Waals surface area (Å²) in [6.07, 6.45) is 1.99. The summed E-state index contributed by atoms with van der Waals surface area (Å²) in [7, 11) is 2.08. The Kier molecular flexibility index (Phi) is 6.75. The van der Waals surface area contributed by atoms with Gasteiger partial charge in [0, 0.05) is 38.3 Å². The summed E-state index contributed by atoms with van der Waals surface area (Å²) in [6.45, 7) is 4.93. The first-order chi connectivity index (χ1) is 11.6. The average molecular weight is 327 g/mol. The van der Waals surface area contributed by atoms with Crippen LogP contribution in [0, 0.1) is 0 Å². The molecule has 1 heterocycles. The first kappa shape index (κ1) is 17.9. The molecular weight excluding hydrogens is 302 g/mol. The van der Waals surface area contributed by atoms with Crippen LogP contribution in [-0.2, 0) is 24.4 Å². The van der Waals surface area contributed by atoms with E-state index >= 15 is 0 Å². The second kappa shape index (κ2) is 9.03. The monoisotopic (exact) mass is 327 g/mol. The van der Waals surface area contributed by atoms with Crippen LogP contribution >= 0.6 is 0 Å². The SMILES string of the molecule is CCN(C)Cc1cccc(CNC(=O)CCn2ccccc2=O)c1. The van der Waals surface area contributed by atoms with Crippen molar-refractivity contribution in [1.82, 2.24) is 14.8 Å². The Labute approximate surface area is 142 Å². The number of carbonyl (C=O) groups excluding carboxylic acids is 1. The van der Waals surface area contributed by atoms with Gasteiger partial charge in [0.25, 0.3) is 5.56 Å². The lowest BCUT2D eigenvalue weighted by Crippen LogP contribution is -2.26. The van der Waals surface area contributed by atoms with Crippen LogP contribution in [0.3, 0.4) is 0 Å². The van der Waals surface area contributed by atoms with E-state index in [-0.39, 0.29) is 11.5 Å². The molecule has 128 valence electrons. The Bertz CT molecular complexity index is 724. The number of nitrogens with zero attached hydrogens (tertiary/aromatic N) is 2. The van der Waals surface area contributed by atoms with Crippen molar-refractivity contribution in [2.45, 2.75) is 33.0 Å². The summed E-state index contributed by atoms with van der Waals surface area (Å²) in [6, 6.07) is 13.2. The topological polar surface area (TPSA) is 54.3 Å². The Morgan fingerprint density at radius 1 is 1.17 bits per heavy atom. The van der Waals surface area contributed by atoms with E-state index < -0.39 is 0 Å². The van der Waals surface area contributed by atoms with E-state index in [9.17, 15) is 9.59 Å². The first-order valence-corrected chi connectivity index (χ1v) is 8.27. The number of hydrogen-bond acceptors (Lipinski definition) is 3. The molecule has 1 aromatic carbocycles. The molecule has 0 saturated carbocycles. The molecule has 1 aromatic heterocycles. The van der Waals surface area contributed by atoms with Crippen molar-refractivity contribution in [3.8, 4) is 0 Å². The highest BCUT2D eigenvalue weighted by Crippen LogP contribution is 2.07. The minimum absolute atomic E-state index is 0.0539. The largest absolute Gasteiger partial charge is 0.352 e. The molecule has 0 saturated heterocycles. The Morgan fingerprint density at radius 2 is 1.96 bits per heavy atom. The highest BCUT2D eigenvalue weighted by molar-refractivity contribution is 5.75. The molecule has 0 aliphatic carbocycles. The summed E-state index contributed by atoms with van der Waals surface area (Å²) in [5.74, 6) is -0.0539. The van der Waals surface area contributed by atoms with Gasteiger partial charge in [-0.25, -0.2) is 0 Å². The summed E-state index contributed by atoms with van der Waals surface area (Å²) in [5, 5.41) is 2.92. The minimum Gasteiger partial charge on any atom is -0.352 e. The van der Waals surface area contributed by atoms with E-state index in [1.807, 2.05) is 12.1 Å². The van der Waals surface area contributed by atoms with Crippen LogP contribution in [0.5, 0.6) is 0 Å². The normalized spacial score (nSPS) is 10.8. The summed E-state index contributed by atoms with van der Waals surface area (Å²) in [4.78, 5) is 25.8. The second-order valence-corrected chi connectivity index (χ2v) is 5.91. The van der Waals surface area contributed by atoms with Crippen LogP contribution in [0.1, 0.15) is 24.5 Å². The van der Waals surface area contributed by atoms with Gasteiger partial charge < -0.3 is 14.8 Å². The van der Waals surface area contributed by atoms with Gasteiger partial charge >= 0.3 is 0 Å². The van der Waals surface area contributed by atoms with Crippen LogP contribution in [0.25, 0.3) is 0 Å². The molecule has 0 spiro atoms. The second-order valence-electron chi connectivity index (χ2n) is 5.91. The fourth-order valence-corrected chi connectivity index (χ4v) is 2.42. The lowest BCUT2D eigenvalue weighted by molar-refractivity contribution is -0.121. The van der Waals surface area contributed by atoms with Crippen molar-refractivity contribution in [2.75, 3.05) is 13.6 Å². The molecule has 0 fully saturated rings. The third-order valence-corrected chi connectivity index (χ3v) is 3.95. The molecular formula is C19H25N3O2. The zero-order valence-electron chi connectivity index (χ0n) is 14.4. The zero-order valence-corrected chi connectivity index (χ0v) is 14.4. The third kappa shape index (κ3) is 5.66. The molecule has 0 atom stereocenters. The van der Waals surface area contributed by atoms with Gasteiger partial charge in [-0.15, -0.1) is 0 Å². The first-order valence-electron chi connectivity index (χ1n) is 8.27. The molecule has 0 bridgehead atoms. The predicted octanol–water partition coefficient (Wildman–Crippen LogP) is 2.01. The molecule has 1 amide bonds. The molecule has 5 heteroatoms. The third-order valence-electron chi connectivity index (χ3n) is 3.95. The summed E-state index contributed by atoms with van der Waals surface area (Å²) >= 11 is 0. The van der Waals surface area contributed by atoms with Crippen LogP contribution in [0.15, 0.2) is 53.5 Å². The minimum atomic E-state index is -0.0851. The van der Waals surface area contributed by atoms with Gasteiger partial charge in [0.1, 0.15) is 0 Å². The van der Waals surface area contributed by atoms with E-state index in [1.54, 1.807) is 22.9 Å². The van der Waals surface area contributed by atoms with Gasteiger partial charge in [-0.05, 0) is 30.8 Å². The number of hydrogen-bond donors (Lipinski definition) is 1. The molecule has 0 radical (unpaired) electrons. The van der Waals surface area contributed by atoms with Gasteiger partial charge in [-0.1, -0.05) is 37.3 Å². The highest BCUT2D eigenvalue weighted by atomic mass is 16.1. The fraction of sp³-hybridized carbons (Fsp3) is 0.368. The average Bonchev–Trinajstić information content (AvgIpc) is 2.59. The van der Waals surface area contributed by atoms with Crippen molar-refractivity contribution in [3.05, 3.63) is 70.1 Å². The van der Waals surface area contributed by atoms with Crippen molar-refractivity contribution in [2.24, 2.45) is 0 Å². The molecule has 2 aromatic rings. The molecule has 0 aliphatic heterocycles. The molecule has 0 aliphatic rings. The standard InChI is InChI=1S/C19H25N3O2/c1-3-21(2)15-17-8-6-7-16(13-17)14-20-18(23)10-12-22-11-5-4-9-19(22)24/h4-9,11,13H,3,10,12,14-15H2,1-2H3,(H,20,23). The number of rotatable bonds is 8. The number of amides is 1. The maximum atomic E-state index is 12.0. The van der Waals surface area contributed by atoms with Crippen LogP contribution in [0.2, 0.25) is 0 Å². The number of aromatic nitrogens is 1. The number of benzene rings is 1. The fourth-order valence-electron chi connectivity index (χ4n) is 2.42. The maximum Gasteiger partial charge on any atom is 0.250 e. The van der Waals surface area contributed by atoms with E-state index in [0.29, 0.717) is 19.5 Å². The molecule has 24 heavy (non-hydrogen) atoms. The lowest BCUT2D eigenvalue weighted by atomic mass is 10.1. The Hall–Kier alpha value is -2.40. The van der Waals surface area contributed by atoms with Crippen molar-refractivity contribution >= 4 is 5.91 Å². The van der Waals surface area contributed by atoms with E-state index in [1.165, 1.54) is 11.6 Å². The van der Waals surface area contributed by atoms with E-state index in [4.69, 9.17) is 0 Å². The van der Waals surface area contributed by atoms with Gasteiger partial charge in [0.15, 0.2) is 0 Å². The van der Waals surface area contributed by atoms with Gasteiger partial charge in [-0.3, -0.25) is 9.59 Å². The van der Waals surface area contributed by atoms with Crippen LogP contribution < -0.4 is 10.9 Å². The number of carbonyl (C=O) groups is 1. The number of pyridine rings is 1. The summed E-state index contributed by atoms with van der Waals surface area (Å²) < 4.78 is 1.54.